The fraction of sp³-hybridized carbons (Fsp3) is 1.00. The number of rotatable bonds is 9. The first-order valence-electron chi connectivity index (χ1n) is 9.11. The van der Waals surface area contributed by atoms with Crippen LogP contribution in [0.5, 0.6) is 0 Å². The highest BCUT2D eigenvalue weighted by Crippen LogP contribution is 2.33. The molecule has 1 aliphatic carbocycles. The summed E-state index contributed by atoms with van der Waals surface area (Å²) in [6.45, 7) is 9.67. The molecule has 0 bridgehead atoms. The predicted molar refractivity (Wildman–Crippen MR) is 87.4 cm³/mol. The summed E-state index contributed by atoms with van der Waals surface area (Å²) in [4.78, 5) is 0. The van der Waals surface area contributed by atoms with Crippen molar-refractivity contribution in [3.8, 4) is 0 Å². The van der Waals surface area contributed by atoms with E-state index >= 15 is 0 Å². The summed E-state index contributed by atoms with van der Waals surface area (Å²) in [6.07, 6.45) is 16.2. The SMILES string of the molecule is CCCC(C)CCCC(C)CCC1CCCC(C)C1. The summed E-state index contributed by atoms with van der Waals surface area (Å²) in [5, 5.41) is 0. The molecule has 1 rings (SSSR count). The van der Waals surface area contributed by atoms with Gasteiger partial charge in [0, 0.05) is 0 Å². The second-order valence-corrected chi connectivity index (χ2v) is 7.65. The second-order valence-electron chi connectivity index (χ2n) is 7.65. The topological polar surface area (TPSA) is 0 Å². The Morgan fingerprint density at radius 3 is 2.26 bits per heavy atom. The molecule has 0 aliphatic heterocycles. The highest BCUT2D eigenvalue weighted by atomic mass is 14.2. The summed E-state index contributed by atoms with van der Waals surface area (Å²) in [5.74, 6) is 3.98. The van der Waals surface area contributed by atoms with Crippen molar-refractivity contribution in [1.29, 1.82) is 0 Å². The van der Waals surface area contributed by atoms with Gasteiger partial charge >= 0.3 is 0 Å². The highest BCUT2D eigenvalue weighted by Gasteiger charge is 2.19. The first-order valence-corrected chi connectivity index (χ1v) is 9.11. The molecule has 0 saturated heterocycles. The Kier molecular flexibility index (Phi) is 8.83. The van der Waals surface area contributed by atoms with Gasteiger partial charge in [-0.3, -0.25) is 0 Å². The van der Waals surface area contributed by atoms with E-state index in [1.807, 2.05) is 0 Å². The molecule has 0 heteroatoms. The first kappa shape index (κ1) is 17.1. The van der Waals surface area contributed by atoms with Crippen molar-refractivity contribution >= 4 is 0 Å². The van der Waals surface area contributed by atoms with Crippen molar-refractivity contribution < 1.29 is 0 Å². The Balaban J connectivity index is 2.02. The van der Waals surface area contributed by atoms with Crippen LogP contribution in [0.2, 0.25) is 0 Å². The monoisotopic (exact) mass is 266 g/mol. The lowest BCUT2D eigenvalue weighted by atomic mass is 9.79. The summed E-state index contributed by atoms with van der Waals surface area (Å²) >= 11 is 0. The van der Waals surface area contributed by atoms with Crippen molar-refractivity contribution in [3.05, 3.63) is 0 Å². The molecule has 0 aromatic rings. The van der Waals surface area contributed by atoms with Crippen LogP contribution in [-0.4, -0.2) is 0 Å². The third kappa shape index (κ3) is 8.00. The Morgan fingerprint density at radius 2 is 1.63 bits per heavy atom. The lowest BCUT2D eigenvalue weighted by Crippen LogP contribution is -2.14. The molecule has 0 heterocycles. The molecular weight excluding hydrogens is 228 g/mol. The minimum atomic E-state index is 0.955. The second kappa shape index (κ2) is 9.83. The van der Waals surface area contributed by atoms with E-state index in [0.29, 0.717) is 0 Å². The molecule has 0 amide bonds. The third-order valence-electron chi connectivity index (χ3n) is 5.29. The molecule has 0 nitrogen and oxygen atoms in total. The van der Waals surface area contributed by atoms with Gasteiger partial charge in [-0.15, -0.1) is 0 Å². The number of hydrogen-bond donors (Lipinski definition) is 0. The molecule has 4 unspecified atom stereocenters. The number of hydrogen-bond acceptors (Lipinski definition) is 0. The summed E-state index contributed by atoms with van der Waals surface area (Å²) in [6, 6.07) is 0. The van der Waals surface area contributed by atoms with Crippen LogP contribution in [0.15, 0.2) is 0 Å². The molecule has 1 saturated carbocycles. The van der Waals surface area contributed by atoms with Gasteiger partial charge in [0.25, 0.3) is 0 Å². The molecule has 0 aromatic heterocycles. The van der Waals surface area contributed by atoms with E-state index in [4.69, 9.17) is 0 Å². The van der Waals surface area contributed by atoms with Gasteiger partial charge in [-0.05, 0) is 30.1 Å². The highest BCUT2D eigenvalue weighted by molar-refractivity contribution is 4.71. The van der Waals surface area contributed by atoms with Crippen LogP contribution in [0.3, 0.4) is 0 Å². The van der Waals surface area contributed by atoms with Crippen LogP contribution < -0.4 is 0 Å². The van der Waals surface area contributed by atoms with Gasteiger partial charge in [0.15, 0.2) is 0 Å². The van der Waals surface area contributed by atoms with Crippen molar-refractivity contribution in [3.63, 3.8) is 0 Å². The Bertz CT molecular complexity index is 208. The average Bonchev–Trinajstić information content (AvgIpc) is 2.37. The van der Waals surface area contributed by atoms with E-state index in [2.05, 4.69) is 27.7 Å². The van der Waals surface area contributed by atoms with Crippen LogP contribution >= 0.6 is 0 Å². The fourth-order valence-electron chi connectivity index (χ4n) is 3.94. The van der Waals surface area contributed by atoms with Crippen LogP contribution in [0.25, 0.3) is 0 Å². The molecule has 19 heavy (non-hydrogen) atoms. The van der Waals surface area contributed by atoms with E-state index < -0.39 is 0 Å². The van der Waals surface area contributed by atoms with E-state index in [-0.39, 0.29) is 0 Å². The van der Waals surface area contributed by atoms with Crippen molar-refractivity contribution in [2.45, 2.75) is 98.3 Å². The zero-order valence-corrected chi connectivity index (χ0v) is 14.1. The molecule has 4 atom stereocenters. The molecule has 1 fully saturated rings. The minimum absolute atomic E-state index is 0.955. The quantitative estimate of drug-likeness (QED) is 0.429. The van der Waals surface area contributed by atoms with Crippen LogP contribution in [-0.2, 0) is 0 Å². The standard InChI is InChI=1S/C19H38/c1-5-8-16(2)9-6-10-17(3)13-14-19-12-7-11-18(4)15-19/h16-19H,5-15H2,1-4H3. The van der Waals surface area contributed by atoms with E-state index in [1.165, 1.54) is 70.6 Å². The first-order chi connectivity index (χ1) is 9.11. The average molecular weight is 267 g/mol. The normalized spacial score (nSPS) is 27.2. The van der Waals surface area contributed by atoms with Crippen molar-refractivity contribution in [1.82, 2.24) is 0 Å². The summed E-state index contributed by atoms with van der Waals surface area (Å²) in [5.41, 5.74) is 0. The van der Waals surface area contributed by atoms with Gasteiger partial charge in [0.2, 0.25) is 0 Å². The van der Waals surface area contributed by atoms with Gasteiger partial charge < -0.3 is 0 Å². The van der Waals surface area contributed by atoms with Gasteiger partial charge in [-0.25, -0.2) is 0 Å². The van der Waals surface area contributed by atoms with Gasteiger partial charge in [0.1, 0.15) is 0 Å². The summed E-state index contributed by atoms with van der Waals surface area (Å²) < 4.78 is 0. The molecule has 114 valence electrons. The van der Waals surface area contributed by atoms with Crippen LogP contribution in [0.4, 0.5) is 0 Å². The summed E-state index contributed by atoms with van der Waals surface area (Å²) in [7, 11) is 0. The smallest absolute Gasteiger partial charge is 0.0412 e. The lowest BCUT2D eigenvalue weighted by Gasteiger charge is -2.27. The van der Waals surface area contributed by atoms with Gasteiger partial charge in [-0.2, -0.15) is 0 Å². The molecule has 0 N–H and O–H groups in total. The van der Waals surface area contributed by atoms with Crippen molar-refractivity contribution in [2.24, 2.45) is 23.7 Å². The zero-order chi connectivity index (χ0) is 14.1. The molecule has 0 spiro atoms. The van der Waals surface area contributed by atoms with E-state index in [9.17, 15) is 0 Å². The van der Waals surface area contributed by atoms with Crippen LogP contribution in [0.1, 0.15) is 98.3 Å². The largest absolute Gasteiger partial charge is 0.0654 e. The zero-order valence-electron chi connectivity index (χ0n) is 14.1. The third-order valence-corrected chi connectivity index (χ3v) is 5.29. The van der Waals surface area contributed by atoms with E-state index in [1.54, 1.807) is 0 Å². The predicted octanol–water partition coefficient (Wildman–Crippen LogP) is 6.84. The lowest BCUT2D eigenvalue weighted by molar-refractivity contribution is 0.252. The molecule has 1 aliphatic rings. The van der Waals surface area contributed by atoms with E-state index in [0.717, 1.165) is 23.7 Å². The fourth-order valence-corrected chi connectivity index (χ4v) is 3.94. The van der Waals surface area contributed by atoms with Crippen molar-refractivity contribution in [2.75, 3.05) is 0 Å². The maximum Gasteiger partial charge on any atom is -0.0412 e. The van der Waals surface area contributed by atoms with Crippen LogP contribution in [0, 0.1) is 23.7 Å². The Morgan fingerprint density at radius 1 is 0.947 bits per heavy atom. The minimum Gasteiger partial charge on any atom is -0.0654 e. The Hall–Kier alpha value is 0. The molecular formula is C19H38. The maximum absolute atomic E-state index is 2.48. The Labute approximate surface area is 122 Å². The molecule has 0 aromatic carbocycles. The van der Waals surface area contributed by atoms with Gasteiger partial charge in [0.05, 0.1) is 0 Å². The van der Waals surface area contributed by atoms with Gasteiger partial charge in [-0.1, -0.05) is 91.9 Å². The molecule has 0 radical (unpaired) electrons. The maximum atomic E-state index is 2.48.